The Morgan fingerprint density at radius 2 is 1.88 bits per heavy atom. The van der Waals surface area contributed by atoms with Crippen molar-refractivity contribution in [2.75, 3.05) is 50.8 Å². The summed E-state index contributed by atoms with van der Waals surface area (Å²) in [6.07, 6.45) is 4.19. The Kier molecular flexibility index (Phi) is 6.56. The number of nitrogens with zero attached hydrogens (tertiary/aromatic N) is 2. The van der Waals surface area contributed by atoms with Crippen molar-refractivity contribution in [2.24, 2.45) is 5.92 Å². The zero-order chi connectivity index (χ0) is 17.5. The quantitative estimate of drug-likeness (QED) is 0.860. The Bertz CT molecular complexity index is 550. The van der Waals surface area contributed by atoms with Crippen LogP contribution in [0.4, 0.5) is 5.69 Å². The lowest BCUT2D eigenvalue weighted by molar-refractivity contribution is -0.131. The van der Waals surface area contributed by atoms with Gasteiger partial charge in [0.1, 0.15) is 5.75 Å². The third-order valence-corrected chi connectivity index (χ3v) is 5.36. The summed E-state index contributed by atoms with van der Waals surface area (Å²) in [4.78, 5) is 16.9. The van der Waals surface area contributed by atoms with Gasteiger partial charge in [0.05, 0.1) is 12.3 Å². The van der Waals surface area contributed by atoms with E-state index in [1.807, 2.05) is 24.0 Å². The second-order valence-electron chi connectivity index (χ2n) is 7.00. The van der Waals surface area contributed by atoms with Gasteiger partial charge in [0.25, 0.3) is 0 Å². The molecule has 25 heavy (non-hydrogen) atoms. The summed E-state index contributed by atoms with van der Waals surface area (Å²) >= 11 is 0. The molecule has 1 amide bonds. The maximum Gasteiger partial charge on any atom is 0.222 e. The summed E-state index contributed by atoms with van der Waals surface area (Å²) < 4.78 is 5.74. The molecule has 5 heteroatoms. The molecule has 138 valence electrons. The van der Waals surface area contributed by atoms with Gasteiger partial charge in [-0.3, -0.25) is 4.79 Å². The van der Waals surface area contributed by atoms with Gasteiger partial charge in [-0.05, 0) is 57.3 Å². The lowest BCUT2D eigenvalue weighted by Crippen LogP contribution is -2.49. The average Bonchev–Trinajstić information content (AvgIpc) is 2.68. The Morgan fingerprint density at radius 1 is 1.16 bits per heavy atom. The first kappa shape index (κ1) is 18.1. The van der Waals surface area contributed by atoms with E-state index in [0.29, 0.717) is 18.9 Å². The van der Waals surface area contributed by atoms with E-state index in [2.05, 4.69) is 22.3 Å². The molecule has 0 spiro atoms. The summed E-state index contributed by atoms with van der Waals surface area (Å²) in [7, 11) is 0. The lowest BCUT2D eigenvalue weighted by Gasteiger charge is -2.37. The third kappa shape index (κ3) is 4.88. The minimum atomic E-state index is 0.330. The van der Waals surface area contributed by atoms with Crippen molar-refractivity contribution in [3.8, 4) is 5.75 Å². The van der Waals surface area contributed by atoms with Crippen LogP contribution in [-0.4, -0.2) is 56.7 Å². The first-order chi connectivity index (χ1) is 12.3. The number of carbonyl (C=O) groups excluding carboxylic acids is 1. The summed E-state index contributed by atoms with van der Waals surface area (Å²) in [5.74, 6) is 2.00. The minimum Gasteiger partial charge on any atom is -0.492 e. The molecule has 2 aliphatic heterocycles. The predicted octanol–water partition coefficient (Wildman–Crippen LogP) is 2.51. The first-order valence-electron chi connectivity index (χ1n) is 9.73. The van der Waals surface area contributed by atoms with Gasteiger partial charge < -0.3 is 19.9 Å². The van der Waals surface area contributed by atoms with E-state index in [4.69, 9.17) is 4.74 Å². The Morgan fingerprint density at radius 3 is 2.60 bits per heavy atom. The van der Waals surface area contributed by atoms with Crippen molar-refractivity contribution in [3.05, 3.63) is 24.3 Å². The molecular formula is C20H31N3O2. The number of benzene rings is 1. The molecule has 0 radical (unpaired) electrons. The number of piperazine rings is 1. The molecule has 0 saturated carbocycles. The van der Waals surface area contributed by atoms with Crippen LogP contribution in [0.15, 0.2) is 24.3 Å². The summed E-state index contributed by atoms with van der Waals surface area (Å²) in [6.45, 7) is 8.28. The van der Waals surface area contributed by atoms with E-state index >= 15 is 0 Å². The third-order valence-electron chi connectivity index (χ3n) is 5.36. The normalized spacial score (nSPS) is 19.1. The smallest absolute Gasteiger partial charge is 0.222 e. The molecule has 1 aromatic rings. The molecular weight excluding hydrogens is 314 g/mol. The minimum absolute atomic E-state index is 0.330. The Hall–Kier alpha value is -1.75. The van der Waals surface area contributed by atoms with Crippen LogP contribution in [0.25, 0.3) is 0 Å². The topological polar surface area (TPSA) is 44.8 Å². The number of nitrogens with one attached hydrogen (secondary N) is 1. The van der Waals surface area contributed by atoms with Crippen molar-refractivity contribution in [1.82, 2.24) is 10.2 Å². The maximum atomic E-state index is 12.5. The molecule has 0 unspecified atom stereocenters. The molecule has 2 heterocycles. The van der Waals surface area contributed by atoms with Crippen LogP contribution in [0.3, 0.4) is 0 Å². The Labute approximate surface area is 151 Å². The number of para-hydroxylation sites is 2. The molecule has 0 aliphatic carbocycles. The summed E-state index contributed by atoms with van der Waals surface area (Å²) in [5.41, 5.74) is 1.14. The highest BCUT2D eigenvalue weighted by molar-refractivity contribution is 5.76. The molecule has 2 aliphatic rings. The van der Waals surface area contributed by atoms with Gasteiger partial charge in [-0.1, -0.05) is 12.1 Å². The van der Waals surface area contributed by atoms with Gasteiger partial charge in [-0.15, -0.1) is 0 Å². The largest absolute Gasteiger partial charge is 0.492 e. The molecule has 2 fully saturated rings. The van der Waals surface area contributed by atoms with Gasteiger partial charge >= 0.3 is 0 Å². The van der Waals surface area contributed by atoms with Gasteiger partial charge in [-0.25, -0.2) is 0 Å². The fourth-order valence-corrected chi connectivity index (χ4v) is 3.85. The number of anilines is 1. The fourth-order valence-electron chi connectivity index (χ4n) is 3.85. The molecule has 1 aromatic carbocycles. The lowest BCUT2D eigenvalue weighted by atomic mass is 9.93. The van der Waals surface area contributed by atoms with E-state index in [0.717, 1.165) is 63.0 Å². The average molecular weight is 345 g/mol. The van der Waals surface area contributed by atoms with Crippen LogP contribution >= 0.6 is 0 Å². The van der Waals surface area contributed by atoms with E-state index in [1.165, 1.54) is 12.8 Å². The number of rotatable bonds is 6. The van der Waals surface area contributed by atoms with E-state index in [1.54, 1.807) is 0 Å². The van der Waals surface area contributed by atoms with Crippen LogP contribution in [0, 0.1) is 5.92 Å². The number of hydrogen-bond acceptors (Lipinski definition) is 4. The van der Waals surface area contributed by atoms with Crippen molar-refractivity contribution in [2.45, 2.75) is 32.6 Å². The number of ether oxygens (including phenoxy) is 1. The maximum absolute atomic E-state index is 12.5. The van der Waals surface area contributed by atoms with Crippen LogP contribution in [-0.2, 0) is 4.79 Å². The number of piperidine rings is 1. The highest BCUT2D eigenvalue weighted by Gasteiger charge is 2.23. The standard InChI is InChI=1S/C20H31N3O2/c1-2-25-19-6-4-3-5-18(19)22-13-15-23(16-14-22)20(24)8-7-17-9-11-21-12-10-17/h3-6,17,21H,2,7-16H2,1H3. The molecule has 0 aromatic heterocycles. The van der Waals surface area contributed by atoms with Crippen molar-refractivity contribution in [1.29, 1.82) is 0 Å². The van der Waals surface area contributed by atoms with Crippen LogP contribution in [0.2, 0.25) is 0 Å². The molecule has 0 atom stereocenters. The highest BCUT2D eigenvalue weighted by atomic mass is 16.5. The predicted molar refractivity (Wildman–Crippen MR) is 101 cm³/mol. The second kappa shape index (κ2) is 9.09. The van der Waals surface area contributed by atoms with E-state index in [9.17, 15) is 4.79 Å². The molecule has 1 N–H and O–H groups in total. The van der Waals surface area contributed by atoms with Crippen molar-refractivity contribution in [3.63, 3.8) is 0 Å². The monoisotopic (exact) mass is 345 g/mol. The van der Waals surface area contributed by atoms with Crippen LogP contribution in [0.1, 0.15) is 32.6 Å². The van der Waals surface area contributed by atoms with Crippen molar-refractivity contribution >= 4 is 11.6 Å². The van der Waals surface area contributed by atoms with Crippen LogP contribution < -0.4 is 15.0 Å². The van der Waals surface area contributed by atoms with E-state index in [-0.39, 0.29) is 0 Å². The summed E-state index contributed by atoms with van der Waals surface area (Å²) in [6, 6.07) is 8.19. The number of amides is 1. The van der Waals surface area contributed by atoms with Crippen LogP contribution in [0.5, 0.6) is 5.75 Å². The second-order valence-corrected chi connectivity index (χ2v) is 7.00. The Balaban J connectivity index is 1.47. The zero-order valence-electron chi connectivity index (χ0n) is 15.4. The highest BCUT2D eigenvalue weighted by Crippen LogP contribution is 2.29. The first-order valence-corrected chi connectivity index (χ1v) is 9.73. The SMILES string of the molecule is CCOc1ccccc1N1CCN(C(=O)CCC2CCNCC2)CC1. The fraction of sp³-hybridized carbons (Fsp3) is 0.650. The molecule has 3 rings (SSSR count). The van der Waals surface area contributed by atoms with Crippen molar-refractivity contribution < 1.29 is 9.53 Å². The van der Waals surface area contributed by atoms with Gasteiger partial charge in [-0.2, -0.15) is 0 Å². The van der Waals surface area contributed by atoms with E-state index < -0.39 is 0 Å². The van der Waals surface area contributed by atoms with Gasteiger partial charge in [0, 0.05) is 32.6 Å². The number of carbonyl (C=O) groups is 1. The zero-order valence-corrected chi connectivity index (χ0v) is 15.4. The van der Waals surface area contributed by atoms with Gasteiger partial charge in [0.15, 0.2) is 0 Å². The number of hydrogen-bond donors (Lipinski definition) is 1. The molecule has 0 bridgehead atoms. The van der Waals surface area contributed by atoms with Gasteiger partial charge in [0.2, 0.25) is 5.91 Å². The molecule has 2 saturated heterocycles. The molecule has 5 nitrogen and oxygen atoms in total. The summed E-state index contributed by atoms with van der Waals surface area (Å²) in [5, 5.41) is 3.39.